The summed E-state index contributed by atoms with van der Waals surface area (Å²) in [5.74, 6) is 5.22. The second-order valence-corrected chi connectivity index (χ2v) is 5.86. The smallest absolute Gasteiger partial charge is 0.270 e. The van der Waals surface area contributed by atoms with Crippen molar-refractivity contribution in [2.75, 3.05) is 18.5 Å². The van der Waals surface area contributed by atoms with Gasteiger partial charge in [0, 0.05) is 30.8 Å². The minimum absolute atomic E-state index is 0.00343. The van der Waals surface area contributed by atoms with Gasteiger partial charge in [0.15, 0.2) is 0 Å². The van der Waals surface area contributed by atoms with Gasteiger partial charge in [-0.2, -0.15) is 0 Å². The first kappa shape index (κ1) is 20.7. The van der Waals surface area contributed by atoms with Crippen LogP contribution in [0.4, 0.5) is 11.4 Å². The van der Waals surface area contributed by atoms with E-state index < -0.39 is 10.8 Å². The summed E-state index contributed by atoms with van der Waals surface area (Å²) in [7, 11) is 0. The average Bonchev–Trinajstić information content (AvgIpc) is 2.64. The molecule has 0 fully saturated rings. The summed E-state index contributed by atoms with van der Waals surface area (Å²) in [6.07, 6.45) is 0. The number of non-ortho nitro benzene ring substituents is 1. The van der Waals surface area contributed by atoms with E-state index in [2.05, 4.69) is 22.5 Å². The summed E-state index contributed by atoms with van der Waals surface area (Å²) in [4.78, 5) is 33.3. The van der Waals surface area contributed by atoms with Gasteiger partial charge in [-0.25, -0.2) is 0 Å². The number of hydrogen-bond acceptors (Lipinski definition) is 5. The number of ether oxygens (including phenoxy) is 1. The van der Waals surface area contributed by atoms with E-state index in [1.165, 1.54) is 19.1 Å². The summed E-state index contributed by atoms with van der Waals surface area (Å²) < 4.78 is 5.45. The van der Waals surface area contributed by atoms with Crippen LogP contribution < -0.4 is 15.4 Å². The van der Waals surface area contributed by atoms with Crippen LogP contribution in [0.5, 0.6) is 5.75 Å². The number of nitrogens with one attached hydrogen (secondary N) is 2. The Labute approximate surface area is 166 Å². The molecule has 0 aromatic heterocycles. The summed E-state index contributed by atoms with van der Waals surface area (Å²) in [5.41, 5.74) is 0.387. The van der Waals surface area contributed by atoms with E-state index in [1.54, 1.807) is 24.3 Å². The minimum Gasteiger partial charge on any atom is -0.481 e. The quantitative estimate of drug-likeness (QED) is 0.439. The number of carbonyl (C=O) groups excluding carboxylic acids is 2. The van der Waals surface area contributed by atoms with Crippen LogP contribution in [0, 0.1) is 22.0 Å². The van der Waals surface area contributed by atoms with E-state index in [0.29, 0.717) is 11.4 Å². The number of carbonyl (C=O) groups is 2. The van der Waals surface area contributed by atoms with Crippen LogP contribution in [0.15, 0.2) is 42.5 Å². The highest BCUT2D eigenvalue weighted by molar-refractivity contribution is 6.33. The lowest BCUT2D eigenvalue weighted by molar-refractivity contribution is -0.384. The average molecular weight is 402 g/mol. The van der Waals surface area contributed by atoms with Crippen molar-refractivity contribution in [3.63, 3.8) is 0 Å². The van der Waals surface area contributed by atoms with Crippen molar-refractivity contribution in [3.05, 3.63) is 63.2 Å². The van der Waals surface area contributed by atoms with Crippen LogP contribution in [-0.2, 0) is 4.79 Å². The molecule has 0 aliphatic heterocycles. The van der Waals surface area contributed by atoms with E-state index in [4.69, 9.17) is 16.3 Å². The Hall–Kier alpha value is -3.57. The number of benzene rings is 2. The maximum Gasteiger partial charge on any atom is 0.270 e. The van der Waals surface area contributed by atoms with E-state index in [9.17, 15) is 19.7 Å². The number of anilines is 1. The molecule has 0 saturated carbocycles. The first-order chi connectivity index (χ1) is 13.4. The number of hydrogen-bond donors (Lipinski definition) is 2. The number of nitro groups is 1. The number of nitro benzene ring substituents is 1. The molecule has 0 saturated heterocycles. The Kier molecular flexibility index (Phi) is 7.37. The maximum absolute atomic E-state index is 12.1. The van der Waals surface area contributed by atoms with Gasteiger partial charge >= 0.3 is 0 Å². The first-order valence-corrected chi connectivity index (χ1v) is 8.43. The fourth-order valence-electron chi connectivity index (χ4n) is 2.12. The molecule has 144 valence electrons. The lowest BCUT2D eigenvalue weighted by Gasteiger charge is -2.05. The molecule has 0 aliphatic carbocycles. The fourth-order valence-corrected chi connectivity index (χ4v) is 2.32. The van der Waals surface area contributed by atoms with Gasteiger partial charge in [0.05, 0.1) is 22.1 Å². The third-order valence-corrected chi connectivity index (χ3v) is 3.66. The molecule has 28 heavy (non-hydrogen) atoms. The minimum atomic E-state index is -0.606. The van der Waals surface area contributed by atoms with Crippen molar-refractivity contribution in [1.29, 1.82) is 0 Å². The highest BCUT2D eigenvalue weighted by atomic mass is 35.5. The van der Waals surface area contributed by atoms with E-state index in [1.807, 2.05) is 0 Å². The lowest BCUT2D eigenvalue weighted by atomic mass is 10.2. The Morgan fingerprint density at radius 1 is 1.21 bits per heavy atom. The molecule has 2 rings (SSSR count). The van der Waals surface area contributed by atoms with Crippen molar-refractivity contribution in [3.8, 4) is 17.6 Å². The molecule has 2 amide bonds. The van der Waals surface area contributed by atoms with E-state index in [0.717, 1.165) is 6.07 Å². The maximum atomic E-state index is 12.1. The second-order valence-electron chi connectivity index (χ2n) is 5.46. The number of nitrogens with zero attached hydrogens (tertiary/aromatic N) is 1. The topological polar surface area (TPSA) is 111 Å². The largest absolute Gasteiger partial charge is 0.481 e. The Morgan fingerprint density at radius 3 is 2.71 bits per heavy atom. The molecular formula is C19H16ClN3O5. The second kappa shape index (κ2) is 9.94. The molecule has 0 radical (unpaired) electrons. The number of amides is 2. The summed E-state index contributed by atoms with van der Waals surface area (Å²) in [6, 6.07) is 10.5. The molecule has 0 spiro atoms. The van der Waals surface area contributed by atoms with Crippen LogP contribution in [0.2, 0.25) is 5.02 Å². The molecule has 2 aromatic carbocycles. The van der Waals surface area contributed by atoms with Gasteiger partial charge in [0.25, 0.3) is 11.6 Å². The molecule has 8 nitrogen and oxygen atoms in total. The number of halogens is 1. The van der Waals surface area contributed by atoms with Gasteiger partial charge < -0.3 is 15.4 Å². The SMILES string of the molecule is CC(=O)Nc1cccc(OCC#CCNC(=O)c2cc([N+](=O)[O-])ccc2Cl)c1. The molecule has 9 heteroatoms. The van der Waals surface area contributed by atoms with Crippen molar-refractivity contribution in [2.24, 2.45) is 0 Å². The van der Waals surface area contributed by atoms with Crippen LogP contribution in [0.3, 0.4) is 0 Å². The van der Waals surface area contributed by atoms with Crippen molar-refractivity contribution < 1.29 is 19.2 Å². The molecule has 2 N–H and O–H groups in total. The van der Waals surface area contributed by atoms with Gasteiger partial charge in [0.1, 0.15) is 12.4 Å². The standard InChI is InChI=1S/C19H16ClN3O5/c1-13(24)22-14-5-4-6-16(11-14)28-10-3-2-9-21-19(25)17-12-15(23(26)27)7-8-18(17)20/h4-8,11-12H,9-10H2,1H3,(H,21,25)(H,22,24). The van der Waals surface area contributed by atoms with Gasteiger partial charge in [-0.15, -0.1) is 0 Å². The van der Waals surface area contributed by atoms with Gasteiger partial charge in [0.2, 0.25) is 5.91 Å². The molecule has 0 aliphatic rings. The van der Waals surface area contributed by atoms with Gasteiger partial charge in [-0.3, -0.25) is 19.7 Å². The summed E-state index contributed by atoms with van der Waals surface area (Å²) in [5, 5.41) is 16.1. The molecule has 0 atom stereocenters. The zero-order valence-corrected chi connectivity index (χ0v) is 15.6. The monoisotopic (exact) mass is 401 g/mol. The molecular weight excluding hydrogens is 386 g/mol. The van der Waals surface area contributed by atoms with Crippen LogP contribution in [0.1, 0.15) is 17.3 Å². The Morgan fingerprint density at radius 2 is 2.00 bits per heavy atom. The van der Waals surface area contributed by atoms with Gasteiger partial charge in [-0.1, -0.05) is 29.5 Å². The zero-order valence-electron chi connectivity index (χ0n) is 14.8. The molecule has 0 bridgehead atoms. The van der Waals surface area contributed by atoms with E-state index >= 15 is 0 Å². The summed E-state index contributed by atoms with van der Waals surface area (Å²) in [6.45, 7) is 1.51. The van der Waals surface area contributed by atoms with Crippen LogP contribution in [0.25, 0.3) is 0 Å². The Bertz CT molecular complexity index is 966. The highest BCUT2D eigenvalue weighted by Gasteiger charge is 2.15. The first-order valence-electron chi connectivity index (χ1n) is 8.05. The van der Waals surface area contributed by atoms with Crippen molar-refractivity contribution in [2.45, 2.75) is 6.92 Å². The molecule has 2 aromatic rings. The van der Waals surface area contributed by atoms with Crippen molar-refractivity contribution in [1.82, 2.24) is 5.32 Å². The third-order valence-electron chi connectivity index (χ3n) is 3.33. The van der Waals surface area contributed by atoms with Gasteiger partial charge in [-0.05, 0) is 18.2 Å². The summed E-state index contributed by atoms with van der Waals surface area (Å²) >= 11 is 5.90. The Balaban J connectivity index is 1.84. The van der Waals surface area contributed by atoms with Crippen LogP contribution >= 0.6 is 11.6 Å². The highest BCUT2D eigenvalue weighted by Crippen LogP contribution is 2.21. The molecule has 0 heterocycles. The van der Waals surface area contributed by atoms with Crippen LogP contribution in [-0.4, -0.2) is 29.9 Å². The zero-order chi connectivity index (χ0) is 20.5. The predicted octanol–water partition coefficient (Wildman–Crippen LogP) is 3.02. The van der Waals surface area contributed by atoms with E-state index in [-0.39, 0.29) is 35.3 Å². The number of rotatable bonds is 6. The third kappa shape index (κ3) is 6.30. The molecule has 0 unspecified atom stereocenters. The predicted molar refractivity (Wildman–Crippen MR) is 104 cm³/mol. The normalized spacial score (nSPS) is 9.64. The fraction of sp³-hybridized carbons (Fsp3) is 0.158. The van der Waals surface area contributed by atoms with Crippen molar-refractivity contribution >= 4 is 34.8 Å². The lowest BCUT2D eigenvalue weighted by Crippen LogP contribution is -2.24.